The van der Waals surface area contributed by atoms with E-state index in [1.807, 2.05) is 49.4 Å². The number of rotatable bonds is 6. The van der Waals surface area contributed by atoms with Gasteiger partial charge in [-0.05, 0) is 54.8 Å². The van der Waals surface area contributed by atoms with Crippen molar-refractivity contribution in [3.63, 3.8) is 0 Å². The van der Waals surface area contributed by atoms with E-state index in [-0.39, 0.29) is 30.2 Å². The third-order valence-corrected chi connectivity index (χ3v) is 8.23. The van der Waals surface area contributed by atoms with Gasteiger partial charge in [-0.25, -0.2) is 0 Å². The van der Waals surface area contributed by atoms with E-state index in [0.29, 0.717) is 24.4 Å². The molecule has 0 aliphatic carbocycles. The molecule has 198 valence electrons. The second kappa shape index (κ2) is 10.5. The van der Waals surface area contributed by atoms with Gasteiger partial charge in [-0.2, -0.15) is 0 Å². The second-order valence-electron chi connectivity index (χ2n) is 9.77. The van der Waals surface area contributed by atoms with Gasteiger partial charge in [-0.1, -0.05) is 30.8 Å². The van der Waals surface area contributed by atoms with Gasteiger partial charge in [-0.15, -0.1) is 0 Å². The molecular formula is C29H27N5O4S. The van der Waals surface area contributed by atoms with Crippen LogP contribution in [0.1, 0.15) is 29.4 Å². The molecule has 2 aromatic heterocycles. The van der Waals surface area contributed by atoms with Crippen molar-refractivity contribution in [2.24, 2.45) is 5.92 Å². The quantitative estimate of drug-likeness (QED) is 0.298. The maximum Gasteiger partial charge on any atom is 0.251 e. The number of fused-ring (bicyclic) bond motifs is 3. The fourth-order valence-corrected chi connectivity index (χ4v) is 6.00. The summed E-state index contributed by atoms with van der Waals surface area (Å²) >= 11 is 1.58. The van der Waals surface area contributed by atoms with Crippen LogP contribution in [0.3, 0.4) is 0 Å². The molecule has 2 unspecified atom stereocenters. The van der Waals surface area contributed by atoms with Crippen molar-refractivity contribution in [3.05, 3.63) is 78.2 Å². The predicted octanol–water partition coefficient (Wildman–Crippen LogP) is 4.10. The van der Waals surface area contributed by atoms with Crippen molar-refractivity contribution >= 4 is 40.4 Å². The average Bonchev–Trinajstić information content (AvgIpc) is 3.56. The standard InChI is InChI=1S/C29H27N5O4S/c1-17-9-11-34(27(17)29(37)31-15-20-12-19-14-30-10-8-21(19)33-20)26(35)16-32-28(36)18-6-7-25-23(13-18)38-22-4-2-3-5-24(22)39-25/h2-8,10,12-14,17,27,33H,9,11,15-16H2,1H3,(H,31,37)(H,32,36). The third kappa shape index (κ3) is 5.07. The second-order valence-corrected chi connectivity index (χ2v) is 10.9. The number of hydrogen-bond donors (Lipinski definition) is 3. The maximum atomic E-state index is 13.1. The molecule has 3 N–H and O–H groups in total. The maximum absolute atomic E-state index is 13.1. The molecular weight excluding hydrogens is 514 g/mol. The first kappa shape index (κ1) is 25.0. The summed E-state index contributed by atoms with van der Waals surface area (Å²) < 4.78 is 5.97. The number of nitrogens with zero attached hydrogens (tertiary/aromatic N) is 2. The molecule has 2 aromatic carbocycles. The van der Waals surface area contributed by atoms with Gasteiger partial charge in [0.15, 0.2) is 0 Å². The first-order valence-corrected chi connectivity index (χ1v) is 13.6. The highest BCUT2D eigenvalue weighted by Crippen LogP contribution is 2.46. The monoisotopic (exact) mass is 541 g/mol. The molecule has 10 heteroatoms. The lowest BCUT2D eigenvalue weighted by atomic mass is 10.0. The first-order chi connectivity index (χ1) is 19.0. The number of H-pyrrole nitrogens is 1. The summed E-state index contributed by atoms with van der Waals surface area (Å²) in [6.07, 6.45) is 4.19. The highest BCUT2D eigenvalue weighted by atomic mass is 32.2. The van der Waals surface area contributed by atoms with Gasteiger partial charge in [0.25, 0.3) is 5.91 Å². The predicted molar refractivity (Wildman–Crippen MR) is 147 cm³/mol. The number of likely N-dealkylation sites (tertiary alicyclic amines) is 1. The molecule has 2 aliphatic rings. The number of benzene rings is 2. The van der Waals surface area contributed by atoms with Crippen LogP contribution in [-0.4, -0.2) is 51.7 Å². The molecule has 0 bridgehead atoms. The third-order valence-electron chi connectivity index (χ3n) is 7.11. The van der Waals surface area contributed by atoms with E-state index >= 15 is 0 Å². The Morgan fingerprint density at radius 3 is 2.79 bits per heavy atom. The topological polar surface area (TPSA) is 116 Å². The largest absolute Gasteiger partial charge is 0.455 e. The summed E-state index contributed by atoms with van der Waals surface area (Å²) in [6, 6.07) is 16.2. The normalized spacial score (nSPS) is 17.7. The van der Waals surface area contributed by atoms with Crippen LogP contribution in [0.4, 0.5) is 0 Å². The van der Waals surface area contributed by atoms with E-state index < -0.39 is 6.04 Å². The van der Waals surface area contributed by atoms with Gasteiger partial charge in [0.05, 0.1) is 22.9 Å². The average molecular weight is 542 g/mol. The number of hydrogen-bond acceptors (Lipinski definition) is 6. The number of ether oxygens (including phenoxy) is 1. The number of aromatic nitrogens is 2. The molecule has 0 spiro atoms. The molecule has 39 heavy (non-hydrogen) atoms. The summed E-state index contributed by atoms with van der Waals surface area (Å²) in [6.45, 7) is 2.56. The lowest BCUT2D eigenvalue weighted by Gasteiger charge is -2.26. The summed E-state index contributed by atoms with van der Waals surface area (Å²) in [7, 11) is 0. The Morgan fingerprint density at radius 1 is 1.08 bits per heavy atom. The van der Waals surface area contributed by atoms with Gasteiger partial charge in [0.1, 0.15) is 17.5 Å². The van der Waals surface area contributed by atoms with E-state index in [9.17, 15) is 14.4 Å². The van der Waals surface area contributed by atoms with Crippen LogP contribution in [0.5, 0.6) is 11.5 Å². The lowest BCUT2D eigenvalue weighted by Crippen LogP contribution is -2.50. The highest BCUT2D eigenvalue weighted by Gasteiger charge is 2.39. The van der Waals surface area contributed by atoms with E-state index in [1.165, 1.54) is 0 Å². The molecule has 1 saturated heterocycles. The number of para-hydroxylation sites is 1. The zero-order chi connectivity index (χ0) is 26.9. The summed E-state index contributed by atoms with van der Waals surface area (Å²) in [4.78, 5) is 50.0. The van der Waals surface area contributed by atoms with Gasteiger partial charge < -0.3 is 25.3 Å². The van der Waals surface area contributed by atoms with Crippen LogP contribution in [0.2, 0.25) is 0 Å². The van der Waals surface area contributed by atoms with Crippen LogP contribution >= 0.6 is 11.8 Å². The van der Waals surface area contributed by atoms with Crippen molar-refractivity contribution in [3.8, 4) is 11.5 Å². The van der Waals surface area contributed by atoms with Gasteiger partial charge in [0.2, 0.25) is 11.8 Å². The fourth-order valence-electron chi connectivity index (χ4n) is 5.07. The highest BCUT2D eigenvalue weighted by molar-refractivity contribution is 7.99. The summed E-state index contributed by atoms with van der Waals surface area (Å²) in [5, 5.41) is 6.64. The van der Waals surface area contributed by atoms with Crippen LogP contribution in [0.25, 0.3) is 10.9 Å². The Balaban J connectivity index is 1.06. The molecule has 3 amide bonds. The molecule has 4 heterocycles. The van der Waals surface area contributed by atoms with Gasteiger partial charge in [0, 0.05) is 41.1 Å². The molecule has 6 rings (SSSR count). The number of amides is 3. The number of aromatic amines is 1. The number of carbonyl (C=O) groups is 3. The van der Waals surface area contributed by atoms with Crippen molar-refractivity contribution in [1.29, 1.82) is 0 Å². The van der Waals surface area contributed by atoms with Crippen LogP contribution in [0.15, 0.2) is 76.8 Å². The van der Waals surface area contributed by atoms with Crippen molar-refractivity contribution in [2.75, 3.05) is 13.1 Å². The minimum absolute atomic E-state index is 0.00902. The SMILES string of the molecule is CC1CCN(C(=O)CNC(=O)c2ccc3c(c2)Oc2ccccc2S3)C1C(=O)NCc1cc2cnccc2[nH]1. The van der Waals surface area contributed by atoms with Crippen LogP contribution in [0, 0.1) is 5.92 Å². The van der Waals surface area contributed by atoms with Crippen LogP contribution in [-0.2, 0) is 16.1 Å². The molecule has 9 nitrogen and oxygen atoms in total. The van der Waals surface area contributed by atoms with Crippen molar-refractivity contribution < 1.29 is 19.1 Å². The molecule has 0 radical (unpaired) electrons. The fraction of sp³-hybridized carbons (Fsp3) is 0.241. The molecule has 1 fully saturated rings. The smallest absolute Gasteiger partial charge is 0.251 e. The Morgan fingerprint density at radius 2 is 1.92 bits per heavy atom. The first-order valence-electron chi connectivity index (χ1n) is 12.8. The number of pyridine rings is 1. The van der Waals surface area contributed by atoms with E-state index in [2.05, 4.69) is 20.6 Å². The summed E-state index contributed by atoms with van der Waals surface area (Å²) in [5.41, 5.74) is 2.21. The van der Waals surface area contributed by atoms with Crippen molar-refractivity contribution in [2.45, 2.75) is 35.7 Å². The lowest BCUT2D eigenvalue weighted by molar-refractivity contribution is -0.138. The zero-order valence-corrected chi connectivity index (χ0v) is 22.1. The Bertz CT molecular complexity index is 1550. The summed E-state index contributed by atoms with van der Waals surface area (Å²) in [5.74, 6) is 0.491. The van der Waals surface area contributed by atoms with E-state index in [0.717, 1.165) is 38.6 Å². The zero-order valence-electron chi connectivity index (χ0n) is 21.3. The molecule has 2 aliphatic heterocycles. The Kier molecular flexibility index (Phi) is 6.70. The van der Waals surface area contributed by atoms with Crippen LogP contribution < -0.4 is 15.4 Å². The van der Waals surface area contributed by atoms with Crippen molar-refractivity contribution in [1.82, 2.24) is 25.5 Å². The molecule has 4 aromatic rings. The number of nitrogens with one attached hydrogen (secondary N) is 3. The molecule has 0 saturated carbocycles. The minimum Gasteiger partial charge on any atom is -0.455 e. The van der Waals surface area contributed by atoms with E-state index in [4.69, 9.17) is 4.74 Å². The molecule has 2 atom stereocenters. The number of carbonyl (C=O) groups excluding carboxylic acids is 3. The van der Waals surface area contributed by atoms with E-state index in [1.54, 1.807) is 41.2 Å². The Labute approximate surface area is 229 Å². The van der Waals surface area contributed by atoms with Gasteiger partial charge >= 0.3 is 0 Å². The van der Waals surface area contributed by atoms with Gasteiger partial charge in [-0.3, -0.25) is 19.4 Å². The minimum atomic E-state index is -0.588. The Hall–Kier alpha value is -4.31.